The largest absolute Gasteiger partial charge is 0.349 e. The van der Waals surface area contributed by atoms with Gasteiger partial charge >= 0.3 is 0 Å². The van der Waals surface area contributed by atoms with Gasteiger partial charge in [0.25, 0.3) is 5.91 Å². The lowest BCUT2D eigenvalue weighted by Gasteiger charge is -2.32. The van der Waals surface area contributed by atoms with Crippen molar-refractivity contribution in [1.82, 2.24) is 10.2 Å². The minimum atomic E-state index is -0.00121. The summed E-state index contributed by atoms with van der Waals surface area (Å²) in [6.45, 7) is 5.62. The summed E-state index contributed by atoms with van der Waals surface area (Å²) in [5, 5.41) is 3.11. The SMILES string of the molecule is Cc1ccccc1C(=O)NC1CCN(C(=O)C2CC2C)CC1. The molecule has 1 aromatic rings. The zero-order valence-corrected chi connectivity index (χ0v) is 13.3. The average molecular weight is 300 g/mol. The minimum absolute atomic E-state index is 0.00121. The quantitative estimate of drug-likeness (QED) is 0.931. The van der Waals surface area contributed by atoms with Crippen LogP contribution in [0.15, 0.2) is 24.3 Å². The van der Waals surface area contributed by atoms with E-state index in [1.165, 1.54) is 0 Å². The summed E-state index contributed by atoms with van der Waals surface area (Å²) in [6, 6.07) is 7.81. The van der Waals surface area contributed by atoms with E-state index in [9.17, 15) is 9.59 Å². The van der Waals surface area contributed by atoms with E-state index in [1.54, 1.807) is 0 Å². The monoisotopic (exact) mass is 300 g/mol. The molecule has 4 heteroatoms. The van der Waals surface area contributed by atoms with Crippen molar-refractivity contribution >= 4 is 11.8 Å². The van der Waals surface area contributed by atoms with Crippen molar-refractivity contribution in [2.45, 2.75) is 39.2 Å². The summed E-state index contributed by atoms with van der Waals surface area (Å²) in [5.41, 5.74) is 1.74. The Morgan fingerprint density at radius 2 is 1.82 bits per heavy atom. The van der Waals surface area contributed by atoms with Crippen LogP contribution in [0.4, 0.5) is 0 Å². The summed E-state index contributed by atoms with van der Waals surface area (Å²) in [6.07, 6.45) is 2.75. The van der Waals surface area contributed by atoms with Crippen LogP contribution in [-0.2, 0) is 4.79 Å². The van der Waals surface area contributed by atoms with Gasteiger partial charge < -0.3 is 10.2 Å². The lowest BCUT2D eigenvalue weighted by atomic mass is 10.0. The van der Waals surface area contributed by atoms with Crippen LogP contribution in [0.2, 0.25) is 0 Å². The molecular formula is C18H24N2O2. The number of hydrogen-bond donors (Lipinski definition) is 1. The molecule has 1 aliphatic carbocycles. The third-order valence-electron chi connectivity index (χ3n) is 4.96. The Labute approximate surface area is 131 Å². The fraction of sp³-hybridized carbons (Fsp3) is 0.556. The molecule has 2 unspecified atom stereocenters. The van der Waals surface area contributed by atoms with Crippen LogP contribution in [-0.4, -0.2) is 35.8 Å². The lowest BCUT2D eigenvalue weighted by Crippen LogP contribution is -2.47. The molecule has 4 nitrogen and oxygen atoms in total. The summed E-state index contributed by atoms with van der Waals surface area (Å²) in [7, 11) is 0. The Bertz CT molecular complexity index is 576. The smallest absolute Gasteiger partial charge is 0.251 e. The van der Waals surface area contributed by atoms with Crippen molar-refractivity contribution < 1.29 is 9.59 Å². The van der Waals surface area contributed by atoms with Gasteiger partial charge in [0, 0.05) is 30.6 Å². The van der Waals surface area contributed by atoms with Crippen molar-refractivity contribution in [3.63, 3.8) is 0 Å². The van der Waals surface area contributed by atoms with Gasteiger partial charge in [-0.15, -0.1) is 0 Å². The number of rotatable bonds is 3. The minimum Gasteiger partial charge on any atom is -0.349 e. The van der Waals surface area contributed by atoms with Crippen molar-refractivity contribution in [2.24, 2.45) is 11.8 Å². The first-order valence-electron chi connectivity index (χ1n) is 8.21. The molecule has 1 saturated heterocycles. The molecule has 1 saturated carbocycles. The maximum Gasteiger partial charge on any atom is 0.251 e. The highest BCUT2D eigenvalue weighted by molar-refractivity contribution is 5.95. The predicted octanol–water partition coefficient (Wildman–Crippen LogP) is 2.37. The average Bonchev–Trinajstić information content (AvgIpc) is 3.24. The van der Waals surface area contributed by atoms with Gasteiger partial charge in [-0.1, -0.05) is 25.1 Å². The molecule has 2 amide bonds. The molecule has 0 spiro atoms. The topological polar surface area (TPSA) is 49.4 Å². The van der Waals surface area contributed by atoms with Gasteiger partial charge in [-0.2, -0.15) is 0 Å². The molecule has 0 radical (unpaired) electrons. The predicted molar refractivity (Wildman–Crippen MR) is 85.5 cm³/mol. The first kappa shape index (κ1) is 15.1. The van der Waals surface area contributed by atoms with E-state index in [0.717, 1.165) is 43.5 Å². The third kappa shape index (κ3) is 3.16. The molecule has 2 aliphatic rings. The zero-order chi connectivity index (χ0) is 15.7. The number of nitrogens with one attached hydrogen (secondary N) is 1. The second-order valence-corrected chi connectivity index (χ2v) is 6.71. The Morgan fingerprint density at radius 3 is 2.41 bits per heavy atom. The molecular weight excluding hydrogens is 276 g/mol. The normalized spacial score (nSPS) is 24.9. The van der Waals surface area contributed by atoms with Crippen molar-refractivity contribution in [3.05, 3.63) is 35.4 Å². The van der Waals surface area contributed by atoms with E-state index in [4.69, 9.17) is 0 Å². The maximum atomic E-state index is 12.3. The molecule has 1 aromatic carbocycles. The molecule has 3 rings (SSSR count). The van der Waals surface area contributed by atoms with Crippen LogP contribution in [0.3, 0.4) is 0 Å². The third-order valence-corrected chi connectivity index (χ3v) is 4.96. The summed E-state index contributed by atoms with van der Waals surface area (Å²) in [4.78, 5) is 26.5. The van der Waals surface area contributed by atoms with E-state index >= 15 is 0 Å². The van der Waals surface area contributed by atoms with Crippen LogP contribution >= 0.6 is 0 Å². The number of carbonyl (C=O) groups excluding carboxylic acids is 2. The van der Waals surface area contributed by atoms with Gasteiger partial charge in [-0.3, -0.25) is 9.59 Å². The molecule has 2 atom stereocenters. The molecule has 118 valence electrons. The maximum absolute atomic E-state index is 12.3. The van der Waals surface area contributed by atoms with Crippen molar-refractivity contribution in [2.75, 3.05) is 13.1 Å². The molecule has 1 heterocycles. The fourth-order valence-electron chi connectivity index (χ4n) is 3.24. The number of likely N-dealkylation sites (tertiary alicyclic amines) is 1. The number of carbonyl (C=O) groups is 2. The van der Waals surface area contributed by atoms with Crippen LogP contribution in [0, 0.1) is 18.8 Å². The van der Waals surface area contributed by atoms with Gasteiger partial charge in [0.15, 0.2) is 0 Å². The summed E-state index contributed by atoms with van der Waals surface area (Å²) >= 11 is 0. The highest BCUT2D eigenvalue weighted by Gasteiger charge is 2.42. The number of piperidine rings is 1. The number of benzene rings is 1. The van der Waals surface area contributed by atoms with Gasteiger partial charge in [-0.05, 0) is 43.7 Å². The molecule has 1 aliphatic heterocycles. The second kappa shape index (κ2) is 6.11. The number of amides is 2. The highest BCUT2D eigenvalue weighted by Crippen LogP contribution is 2.39. The first-order valence-corrected chi connectivity index (χ1v) is 8.21. The van der Waals surface area contributed by atoms with Crippen LogP contribution < -0.4 is 5.32 Å². The second-order valence-electron chi connectivity index (χ2n) is 6.71. The summed E-state index contributed by atoms with van der Waals surface area (Å²) < 4.78 is 0. The Balaban J connectivity index is 1.51. The van der Waals surface area contributed by atoms with Gasteiger partial charge in [0.2, 0.25) is 5.91 Å². The summed E-state index contributed by atoms with van der Waals surface area (Å²) in [5.74, 6) is 1.14. The molecule has 0 aromatic heterocycles. The fourth-order valence-corrected chi connectivity index (χ4v) is 3.24. The van der Waals surface area contributed by atoms with Gasteiger partial charge in [0.1, 0.15) is 0 Å². The van der Waals surface area contributed by atoms with E-state index < -0.39 is 0 Å². The van der Waals surface area contributed by atoms with E-state index in [1.807, 2.05) is 36.1 Å². The van der Waals surface area contributed by atoms with Crippen molar-refractivity contribution in [1.29, 1.82) is 0 Å². The van der Waals surface area contributed by atoms with Gasteiger partial charge in [0.05, 0.1) is 0 Å². The zero-order valence-electron chi connectivity index (χ0n) is 13.3. The molecule has 1 N–H and O–H groups in total. The Kier molecular flexibility index (Phi) is 4.19. The van der Waals surface area contributed by atoms with E-state index in [-0.39, 0.29) is 17.9 Å². The highest BCUT2D eigenvalue weighted by atomic mass is 16.2. The lowest BCUT2D eigenvalue weighted by molar-refractivity contribution is -0.133. The van der Waals surface area contributed by atoms with Crippen LogP contribution in [0.5, 0.6) is 0 Å². The van der Waals surface area contributed by atoms with Crippen LogP contribution in [0.25, 0.3) is 0 Å². The molecule has 22 heavy (non-hydrogen) atoms. The first-order chi connectivity index (χ1) is 10.6. The molecule has 0 bridgehead atoms. The van der Waals surface area contributed by atoms with E-state index in [2.05, 4.69) is 12.2 Å². The number of nitrogens with zero attached hydrogens (tertiary/aromatic N) is 1. The number of aryl methyl sites for hydroxylation is 1. The van der Waals surface area contributed by atoms with Gasteiger partial charge in [-0.25, -0.2) is 0 Å². The number of hydrogen-bond acceptors (Lipinski definition) is 2. The van der Waals surface area contributed by atoms with E-state index in [0.29, 0.717) is 11.8 Å². The Morgan fingerprint density at radius 1 is 1.18 bits per heavy atom. The van der Waals surface area contributed by atoms with Crippen LogP contribution in [0.1, 0.15) is 42.1 Å². The Hall–Kier alpha value is -1.84. The standard InChI is InChI=1S/C18H24N2O2/c1-12-5-3-4-6-15(12)17(21)19-14-7-9-20(10-8-14)18(22)16-11-13(16)2/h3-6,13-14,16H,7-11H2,1-2H3,(H,19,21). The molecule has 2 fully saturated rings. The van der Waals surface area contributed by atoms with Crippen molar-refractivity contribution in [3.8, 4) is 0 Å².